The van der Waals surface area contributed by atoms with Crippen molar-refractivity contribution in [3.8, 4) is 0 Å². The van der Waals surface area contributed by atoms with Gasteiger partial charge in [0.25, 0.3) is 0 Å². The molecule has 7 heteroatoms. The molecule has 1 aliphatic rings. The Balaban J connectivity index is 1.92. The van der Waals surface area contributed by atoms with Gasteiger partial charge in [0.1, 0.15) is 0 Å². The molecule has 0 aliphatic carbocycles. The maximum absolute atomic E-state index is 9.12. The van der Waals surface area contributed by atoms with Crippen molar-refractivity contribution in [2.45, 2.75) is 13.8 Å². The lowest BCUT2D eigenvalue weighted by atomic mass is 10.2. The highest BCUT2D eigenvalue weighted by Crippen LogP contribution is 2.10. The zero-order chi connectivity index (χ0) is 15.8. The zero-order valence-corrected chi connectivity index (χ0v) is 13.4. The highest BCUT2D eigenvalue weighted by Gasteiger charge is 2.21. The van der Waals surface area contributed by atoms with Crippen LogP contribution in [0.25, 0.3) is 0 Å². The van der Waals surface area contributed by atoms with Gasteiger partial charge >= 0.3 is 0 Å². The van der Waals surface area contributed by atoms with Crippen LogP contribution in [0, 0.1) is 5.92 Å². The number of guanidine groups is 1. The van der Waals surface area contributed by atoms with E-state index < -0.39 is 0 Å². The Bertz CT molecular complexity index is 458. The standard InChI is InChI=1S/C15H26N6O/c1-3-16-14(19-11-13(2)12-22)20-7-9-21(10-8-20)15-17-5-4-6-18-15/h4-6,13,22H,3,7-12H2,1-2H3,(H,16,19). The number of aliphatic hydroxyl groups excluding tert-OH is 1. The lowest BCUT2D eigenvalue weighted by Gasteiger charge is -2.36. The molecule has 0 saturated carbocycles. The summed E-state index contributed by atoms with van der Waals surface area (Å²) in [5.41, 5.74) is 0. The van der Waals surface area contributed by atoms with Crippen molar-refractivity contribution in [3.05, 3.63) is 18.5 Å². The maximum Gasteiger partial charge on any atom is 0.225 e. The van der Waals surface area contributed by atoms with E-state index in [2.05, 4.69) is 37.0 Å². The molecule has 1 aliphatic heterocycles. The van der Waals surface area contributed by atoms with Crippen LogP contribution in [-0.4, -0.2) is 71.8 Å². The summed E-state index contributed by atoms with van der Waals surface area (Å²) in [7, 11) is 0. The number of nitrogens with zero attached hydrogens (tertiary/aromatic N) is 5. The maximum atomic E-state index is 9.12. The number of aromatic nitrogens is 2. The van der Waals surface area contributed by atoms with E-state index in [0.29, 0.717) is 6.54 Å². The third kappa shape index (κ3) is 4.56. The van der Waals surface area contributed by atoms with Crippen LogP contribution in [0.3, 0.4) is 0 Å². The summed E-state index contributed by atoms with van der Waals surface area (Å²) in [6.07, 6.45) is 3.55. The van der Waals surface area contributed by atoms with Gasteiger partial charge in [0.2, 0.25) is 5.95 Å². The van der Waals surface area contributed by atoms with Gasteiger partial charge in [-0.3, -0.25) is 4.99 Å². The van der Waals surface area contributed by atoms with Gasteiger partial charge < -0.3 is 20.2 Å². The Morgan fingerprint density at radius 3 is 2.59 bits per heavy atom. The van der Waals surface area contributed by atoms with Crippen molar-refractivity contribution < 1.29 is 5.11 Å². The second-order valence-corrected chi connectivity index (χ2v) is 5.51. The number of hydrogen-bond donors (Lipinski definition) is 2. The first-order chi connectivity index (χ1) is 10.7. The minimum absolute atomic E-state index is 0.169. The van der Waals surface area contributed by atoms with Crippen molar-refractivity contribution in [1.29, 1.82) is 0 Å². The van der Waals surface area contributed by atoms with Gasteiger partial charge in [-0.15, -0.1) is 0 Å². The smallest absolute Gasteiger partial charge is 0.225 e. The Hall–Kier alpha value is -1.89. The van der Waals surface area contributed by atoms with Gasteiger partial charge in [0, 0.05) is 58.3 Å². The highest BCUT2D eigenvalue weighted by molar-refractivity contribution is 5.80. The van der Waals surface area contributed by atoms with Gasteiger partial charge in [-0.05, 0) is 18.9 Å². The zero-order valence-electron chi connectivity index (χ0n) is 13.4. The number of aliphatic hydroxyl groups is 1. The summed E-state index contributed by atoms with van der Waals surface area (Å²) >= 11 is 0. The van der Waals surface area contributed by atoms with E-state index in [0.717, 1.165) is 44.6 Å². The van der Waals surface area contributed by atoms with Crippen molar-refractivity contribution >= 4 is 11.9 Å². The van der Waals surface area contributed by atoms with Crippen LogP contribution >= 0.6 is 0 Å². The van der Waals surface area contributed by atoms with Crippen LogP contribution in [0.4, 0.5) is 5.95 Å². The van der Waals surface area contributed by atoms with Crippen LogP contribution in [0.15, 0.2) is 23.5 Å². The quantitative estimate of drug-likeness (QED) is 0.597. The predicted octanol–water partition coefficient (Wildman–Crippen LogP) is 0.193. The number of nitrogens with one attached hydrogen (secondary N) is 1. The first-order valence-corrected chi connectivity index (χ1v) is 7.90. The molecule has 1 atom stereocenters. The second kappa shape index (κ2) is 8.53. The second-order valence-electron chi connectivity index (χ2n) is 5.51. The van der Waals surface area contributed by atoms with E-state index >= 15 is 0 Å². The van der Waals surface area contributed by atoms with E-state index in [1.165, 1.54) is 0 Å². The van der Waals surface area contributed by atoms with E-state index in [4.69, 9.17) is 5.11 Å². The van der Waals surface area contributed by atoms with Gasteiger partial charge in [-0.2, -0.15) is 0 Å². The first-order valence-electron chi connectivity index (χ1n) is 7.90. The average molecular weight is 306 g/mol. The largest absolute Gasteiger partial charge is 0.396 e. The fraction of sp³-hybridized carbons (Fsp3) is 0.667. The Morgan fingerprint density at radius 2 is 2.00 bits per heavy atom. The number of rotatable bonds is 5. The van der Waals surface area contributed by atoms with E-state index in [-0.39, 0.29) is 12.5 Å². The Labute approximate surface area is 132 Å². The van der Waals surface area contributed by atoms with Crippen LogP contribution in [0.5, 0.6) is 0 Å². The normalized spacial score (nSPS) is 17.5. The van der Waals surface area contributed by atoms with Crippen LogP contribution in [0.2, 0.25) is 0 Å². The molecule has 0 spiro atoms. The third-order valence-electron chi connectivity index (χ3n) is 3.61. The van der Waals surface area contributed by atoms with Crippen LogP contribution < -0.4 is 10.2 Å². The summed E-state index contributed by atoms with van der Waals surface area (Å²) < 4.78 is 0. The summed E-state index contributed by atoms with van der Waals surface area (Å²) in [5.74, 6) is 1.90. The Morgan fingerprint density at radius 1 is 1.32 bits per heavy atom. The third-order valence-corrected chi connectivity index (χ3v) is 3.61. The molecular weight excluding hydrogens is 280 g/mol. The first kappa shape index (κ1) is 16.5. The topological polar surface area (TPSA) is 76.9 Å². The minimum atomic E-state index is 0.169. The van der Waals surface area contributed by atoms with Crippen LogP contribution in [0.1, 0.15) is 13.8 Å². The summed E-state index contributed by atoms with van der Waals surface area (Å²) in [6.45, 7) is 9.25. The molecular formula is C15H26N6O. The molecule has 1 aromatic rings. The van der Waals surface area contributed by atoms with E-state index in [1.807, 2.05) is 13.0 Å². The number of anilines is 1. The summed E-state index contributed by atoms with van der Waals surface area (Å²) in [6, 6.07) is 1.83. The molecule has 122 valence electrons. The molecule has 0 radical (unpaired) electrons. The molecule has 7 nitrogen and oxygen atoms in total. The van der Waals surface area contributed by atoms with Crippen molar-refractivity contribution in [2.24, 2.45) is 10.9 Å². The molecule has 2 rings (SSSR count). The molecule has 2 heterocycles. The SMILES string of the molecule is CCNC(=NCC(C)CO)N1CCN(c2ncccn2)CC1. The van der Waals surface area contributed by atoms with Crippen molar-refractivity contribution in [1.82, 2.24) is 20.2 Å². The predicted molar refractivity (Wildman–Crippen MR) is 88.0 cm³/mol. The average Bonchev–Trinajstić information content (AvgIpc) is 2.59. The molecule has 1 fully saturated rings. The molecule has 1 unspecified atom stereocenters. The highest BCUT2D eigenvalue weighted by atomic mass is 16.3. The van der Waals surface area contributed by atoms with Gasteiger partial charge in [0.15, 0.2) is 5.96 Å². The molecule has 0 bridgehead atoms. The molecule has 1 aromatic heterocycles. The molecule has 22 heavy (non-hydrogen) atoms. The van der Waals surface area contributed by atoms with Gasteiger partial charge in [-0.1, -0.05) is 6.92 Å². The molecule has 0 aromatic carbocycles. The van der Waals surface area contributed by atoms with Crippen LogP contribution in [-0.2, 0) is 0 Å². The molecule has 0 amide bonds. The molecule has 2 N–H and O–H groups in total. The Kier molecular flexibility index (Phi) is 6.39. The summed E-state index contributed by atoms with van der Waals surface area (Å²) in [5, 5.41) is 12.5. The van der Waals surface area contributed by atoms with E-state index in [9.17, 15) is 0 Å². The number of piperazine rings is 1. The number of aliphatic imine (C=N–C) groups is 1. The van der Waals surface area contributed by atoms with Crippen molar-refractivity contribution in [2.75, 3.05) is 50.8 Å². The lowest BCUT2D eigenvalue weighted by Crippen LogP contribution is -2.53. The summed E-state index contributed by atoms with van der Waals surface area (Å²) in [4.78, 5) is 17.7. The lowest BCUT2D eigenvalue weighted by molar-refractivity contribution is 0.241. The van der Waals surface area contributed by atoms with Gasteiger partial charge in [-0.25, -0.2) is 9.97 Å². The fourth-order valence-electron chi connectivity index (χ4n) is 2.30. The van der Waals surface area contributed by atoms with E-state index in [1.54, 1.807) is 12.4 Å². The van der Waals surface area contributed by atoms with Gasteiger partial charge in [0.05, 0.1) is 0 Å². The van der Waals surface area contributed by atoms with Crippen molar-refractivity contribution in [3.63, 3.8) is 0 Å². The monoisotopic (exact) mass is 306 g/mol. The number of hydrogen-bond acceptors (Lipinski definition) is 5. The minimum Gasteiger partial charge on any atom is -0.396 e. The fourth-order valence-corrected chi connectivity index (χ4v) is 2.30. The molecule has 1 saturated heterocycles.